The molecular formula is C13H20N2O2. The molecule has 1 aromatic rings. The van der Waals surface area contributed by atoms with E-state index in [0.717, 1.165) is 37.5 Å². The van der Waals surface area contributed by atoms with E-state index < -0.39 is 0 Å². The minimum absolute atomic E-state index is 0.147. The number of aliphatic hydroxyl groups excluding tert-OH is 1. The van der Waals surface area contributed by atoms with Crippen LogP contribution in [-0.2, 0) is 0 Å². The molecule has 2 heterocycles. The fraction of sp³-hybridized carbons (Fsp3) is 0.615. The summed E-state index contributed by atoms with van der Waals surface area (Å²) in [6.45, 7) is 5.70. The molecule has 0 atom stereocenters. The van der Waals surface area contributed by atoms with Gasteiger partial charge in [0.05, 0.1) is 12.2 Å². The molecule has 1 N–H and O–H groups in total. The van der Waals surface area contributed by atoms with Gasteiger partial charge in [-0.3, -0.25) is 0 Å². The van der Waals surface area contributed by atoms with Crippen LogP contribution in [0.5, 0.6) is 5.75 Å². The molecule has 0 aromatic carbocycles. The van der Waals surface area contributed by atoms with Gasteiger partial charge >= 0.3 is 0 Å². The minimum atomic E-state index is -0.163. The van der Waals surface area contributed by atoms with Gasteiger partial charge in [0.25, 0.3) is 0 Å². The molecule has 0 radical (unpaired) electrons. The number of anilines is 1. The molecule has 4 heteroatoms. The van der Waals surface area contributed by atoms with Gasteiger partial charge in [-0.2, -0.15) is 0 Å². The molecule has 1 saturated heterocycles. The van der Waals surface area contributed by atoms with E-state index >= 15 is 0 Å². The minimum Gasteiger partial charge on any atom is -0.487 e. The molecule has 1 aliphatic heterocycles. The van der Waals surface area contributed by atoms with E-state index in [1.807, 2.05) is 26.0 Å². The Bertz CT molecular complexity index is 360. The van der Waals surface area contributed by atoms with Crippen LogP contribution in [0.15, 0.2) is 18.3 Å². The number of aliphatic hydroxyl groups is 1. The summed E-state index contributed by atoms with van der Waals surface area (Å²) in [7, 11) is 0. The molecule has 4 nitrogen and oxygen atoms in total. The number of ether oxygens (including phenoxy) is 1. The summed E-state index contributed by atoms with van der Waals surface area (Å²) >= 11 is 0. The number of hydrogen-bond acceptors (Lipinski definition) is 4. The van der Waals surface area contributed by atoms with E-state index in [4.69, 9.17) is 4.74 Å². The first-order chi connectivity index (χ1) is 8.16. The van der Waals surface area contributed by atoms with E-state index in [1.165, 1.54) is 0 Å². The Morgan fingerprint density at radius 2 is 2.12 bits per heavy atom. The van der Waals surface area contributed by atoms with E-state index in [9.17, 15) is 5.11 Å². The van der Waals surface area contributed by atoms with Gasteiger partial charge < -0.3 is 14.7 Å². The third-order valence-electron chi connectivity index (χ3n) is 2.88. The first-order valence-corrected chi connectivity index (χ1v) is 6.21. The van der Waals surface area contributed by atoms with E-state index in [1.54, 1.807) is 6.20 Å². The standard InChI is InChI=1S/C13H20N2O2/c1-10(2)17-12-4-3-7-14-13(12)15-8-5-11(16)6-9-15/h3-4,7,10-11,16H,5-6,8-9H2,1-2H3. The highest BCUT2D eigenvalue weighted by Gasteiger charge is 2.21. The van der Waals surface area contributed by atoms with Crippen molar-refractivity contribution in [3.63, 3.8) is 0 Å². The zero-order chi connectivity index (χ0) is 12.3. The first-order valence-electron chi connectivity index (χ1n) is 6.21. The van der Waals surface area contributed by atoms with E-state index in [-0.39, 0.29) is 12.2 Å². The molecule has 1 aromatic heterocycles. The second-order valence-corrected chi connectivity index (χ2v) is 4.71. The lowest BCUT2D eigenvalue weighted by Gasteiger charge is -2.31. The monoisotopic (exact) mass is 236 g/mol. The van der Waals surface area contributed by atoms with Gasteiger partial charge in [-0.25, -0.2) is 4.98 Å². The maximum atomic E-state index is 9.51. The Hall–Kier alpha value is -1.29. The van der Waals surface area contributed by atoms with Crippen molar-refractivity contribution in [2.45, 2.75) is 38.9 Å². The summed E-state index contributed by atoms with van der Waals surface area (Å²) in [5.41, 5.74) is 0. The Labute approximate surface area is 102 Å². The third-order valence-corrected chi connectivity index (χ3v) is 2.88. The van der Waals surface area contributed by atoms with Crippen molar-refractivity contribution >= 4 is 5.82 Å². The lowest BCUT2D eigenvalue weighted by molar-refractivity contribution is 0.144. The number of aromatic nitrogens is 1. The molecule has 0 amide bonds. The quantitative estimate of drug-likeness (QED) is 0.869. The predicted octanol–water partition coefficient (Wildman–Crippen LogP) is 1.83. The normalized spacial score (nSPS) is 17.5. The zero-order valence-electron chi connectivity index (χ0n) is 10.5. The number of pyridine rings is 1. The Morgan fingerprint density at radius 1 is 1.41 bits per heavy atom. The molecule has 0 bridgehead atoms. The van der Waals surface area contributed by atoms with Crippen LogP contribution in [0.2, 0.25) is 0 Å². The molecular weight excluding hydrogens is 216 g/mol. The van der Waals surface area contributed by atoms with Crippen molar-refractivity contribution < 1.29 is 9.84 Å². The van der Waals surface area contributed by atoms with Crippen LogP contribution >= 0.6 is 0 Å². The summed E-state index contributed by atoms with van der Waals surface area (Å²) < 4.78 is 5.76. The fourth-order valence-corrected chi connectivity index (χ4v) is 2.04. The van der Waals surface area contributed by atoms with Crippen LogP contribution in [0.3, 0.4) is 0 Å². The summed E-state index contributed by atoms with van der Waals surface area (Å²) in [6, 6.07) is 3.84. The molecule has 17 heavy (non-hydrogen) atoms. The van der Waals surface area contributed by atoms with Crippen molar-refractivity contribution in [1.82, 2.24) is 4.98 Å². The Morgan fingerprint density at radius 3 is 2.76 bits per heavy atom. The second kappa shape index (κ2) is 5.36. The van der Waals surface area contributed by atoms with Gasteiger partial charge in [-0.15, -0.1) is 0 Å². The largest absolute Gasteiger partial charge is 0.487 e. The summed E-state index contributed by atoms with van der Waals surface area (Å²) in [5.74, 6) is 1.73. The van der Waals surface area contributed by atoms with Crippen molar-refractivity contribution in [1.29, 1.82) is 0 Å². The van der Waals surface area contributed by atoms with Gasteiger partial charge in [-0.05, 0) is 38.8 Å². The van der Waals surface area contributed by atoms with E-state index in [2.05, 4.69) is 9.88 Å². The highest BCUT2D eigenvalue weighted by Crippen LogP contribution is 2.28. The summed E-state index contributed by atoms with van der Waals surface area (Å²) in [4.78, 5) is 6.58. The molecule has 2 rings (SSSR count). The first kappa shape index (κ1) is 12.2. The second-order valence-electron chi connectivity index (χ2n) is 4.71. The number of hydrogen-bond donors (Lipinski definition) is 1. The zero-order valence-corrected chi connectivity index (χ0v) is 10.5. The number of piperidine rings is 1. The Kier molecular flexibility index (Phi) is 3.84. The van der Waals surface area contributed by atoms with Crippen LogP contribution < -0.4 is 9.64 Å². The highest BCUT2D eigenvalue weighted by molar-refractivity contribution is 5.52. The topological polar surface area (TPSA) is 45.6 Å². The van der Waals surface area contributed by atoms with Crippen LogP contribution in [-0.4, -0.2) is 35.4 Å². The maximum Gasteiger partial charge on any atom is 0.171 e. The SMILES string of the molecule is CC(C)Oc1cccnc1N1CCC(O)CC1. The molecule has 1 aliphatic rings. The van der Waals surface area contributed by atoms with Gasteiger partial charge in [0.1, 0.15) is 0 Å². The van der Waals surface area contributed by atoms with Gasteiger partial charge in [0.2, 0.25) is 0 Å². The van der Waals surface area contributed by atoms with Crippen molar-refractivity contribution in [3.05, 3.63) is 18.3 Å². The summed E-state index contributed by atoms with van der Waals surface area (Å²) in [6.07, 6.45) is 3.38. The van der Waals surface area contributed by atoms with Crippen LogP contribution in [0.1, 0.15) is 26.7 Å². The van der Waals surface area contributed by atoms with Gasteiger partial charge in [-0.1, -0.05) is 0 Å². The van der Waals surface area contributed by atoms with Crippen LogP contribution in [0, 0.1) is 0 Å². The molecule has 0 aliphatic carbocycles. The molecule has 94 valence electrons. The average molecular weight is 236 g/mol. The van der Waals surface area contributed by atoms with Gasteiger partial charge in [0.15, 0.2) is 11.6 Å². The molecule has 0 saturated carbocycles. The molecule has 1 fully saturated rings. The smallest absolute Gasteiger partial charge is 0.171 e. The fourth-order valence-electron chi connectivity index (χ4n) is 2.04. The predicted molar refractivity (Wildman–Crippen MR) is 67.5 cm³/mol. The third kappa shape index (κ3) is 3.09. The maximum absolute atomic E-state index is 9.51. The van der Waals surface area contributed by atoms with Crippen molar-refractivity contribution in [2.24, 2.45) is 0 Å². The van der Waals surface area contributed by atoms with Gasteiger partial charge in [0, 0.05) is 19.3 Å². The highest BCUT2D eigenvalue weighted by atomic mass is 16.5. The van der Waals surface area contributed by atoms with Crippen LogP contribution in [0.25, 0.3) is 0 Å². The lowest BCUT2D eigenvalue weighted by atomic mass is 10.1. The average Bonchev–Trinajstić information content (AvgIpc) is 2.30. The van der Waals surface area contributed by atoms with Crippen molar-refractivity contribution in [2.75, 3.05) is 18.0 Å². The summed E-state index contributed by atoms with van der Waals surface area (Å²) in [5, 5.41) is 9.51. The number of rotatable bonds is 3. The Balaban J connectivity index is 2.14. The molecule has 0 spiro atoms. The number of nitrogens with zero attached hydrogens (tertiary/aromatic N) is 2. The molecule has 0 unspecified atom stereocenters. The van der Waals surface area contributed by atoms with Crippen molar-refractivity contribution in [3.8, 4) is 5.75 Å². The van der Waals surface area contributed by atoms with Crippen LogP contribution in [0.4, 0.5) is 5.82 Å². The lowest BCUT2D eigenvalue weighted by Crippen LogP contribution is -2.36. The van der Waals surface area contributed by atoms with E-state index in [0.29, 0.717) is 0 Å².